The van der Waals surface area contributed by atoms with Crippen LogP contribution in [0, 0.1) is 6.92 Å². The molecule has 0 atom stereocenters. The molecule has 0 aliphatic carbocycles. The third-order valence-corrected chi connectivity index (χ3v) is 3.72. The largest absolute Gasteiger partial charge is 0.456 e. The molecule has 20 heavy (non-hydrogen) atoms. The summed E-state index contributed by atoms with van der Waals surface area (Å²) < 4.78 is 6.92. The zero-order chi connectivity index (χ0) is 14.5. The van der Waals surface area contributed by atoms with Gasteiger partial charge in [-0.2, -0.15) is 0 Å². The average molecular weight is 355 g/mol. The number of hydrogen-bond acceptors (Lipinski definition) is 2. The van der Waals surface area contributed by atoms with E-state index >= 15 is 0 Å². The summed E-state index contributed by atoms with van der Waals surface area (Å²) in [5.74, 6) is 1.49. The summed E-state index contributed by atoms with van der Waals surface area (Å²) in [6.07, 6.45) is 0. The molecule has 0 bridgehead atoms. The van der Waals surface area contributed by atoms with E-state index in [1.807, 2.05) is 43.3 Å². The van der Waals surface area contributed by atoms with E-state index in [1.165, 1.54) is 0 Å². The lowest BCUT2D eigenvalue weighted by atomic mass is 10.2. The predicted molar refractivity (Wildman–Crippen MR) is 87.8 cm³/mol. The van der Waals surface area contributed by atoms with Crippen LogP contribution in [-0.2, 0) is 6.54 Å². The number of benzene rings is 2. The van der Waals surface area contributed by atoms with Crippen LogP contribution < -0.4 is 10.1 Å². The first-order valence-corrected chi connectivity index (χ1v) is 7.70. The topological polar surface area (TPSA) is 21.3 Å². The molecule has 4 heteroatoms. The molecule has 0 saturated carbocycles. The minimum Gasteiger partial charge on any atom is -0.456 e. The highest BCUT2D eigenvalue weighted by atomic mass is 79.9. The van der Waals surface area contributed by atoms with Crippen LogP contribution >= 0.6 is 27.5 Å². The van der Waals surface area contributed by atoms with Gasteiger partial charge in [-0.05, 0) is 54.9 Å². The fraction of sp³-hybridized carbons (Fsp3) is 0.250. The van der Waals surface area contributed by atoms with E-state index in [-0.39, 0.29) is 0 Å². The SMILES string of the molecule is CCNCc1ccc(Oc2ccc(Br)cc2C)c(Cl)c1. The maximum atomic E-state index is 6.28. The second-order valence-electron chi connectivity index (χ2n) is 4.56. The van der Waals surface area contributed by atoms with Gasteiger partial charge < -0.3 is 10.1 Å². The van der Waals surface area contributed by atoms with Gasteiger partial charge in [-0.3, -0.25) is 0 Å². The Morgan fingerprint density at radius 2 is 1.90 bits per heavy atom. The molecule has 1 N–H and O–H groups in total. The molecular formula is C16H17BrClNO. The summed E-state index contributed by atoms with van der Waals surface area (Å²) in [7, 11) is 0. The van der Waals surface area contributed by atoms with E-state index in [1.54, 1.807) is 0 Å². The minimum absolute atomic E-state index is 0.628. The van der Waals surface area contributed by atoms with Gasteiger partial charge in [0.15, 0.2) is 0 Å². The summed E-state index contributed by atoms with van der Waals surface area (Å²) >= 11 is 9.72. The number of aryl methyl sites for hydroxylation is 1. The summed E-state index contributed by atoms with van der Waals surface area (Å²) in [6.45, 7) is 5.84. The fourth-order valence-electron chi connectivity index (χ4n) is 1.85. The molecule has 0 fully saturated rings. The molecule has 0 radical (unpaired) electrons. The number of nitrogens with one attached hydrogen (secondary N) is 1. The highest BCUT2D eigenvalue weighted by Crippen LogP contribution is 2.32. The van der Waals surface area contributed by atoms with Gasteiger partial charge in [0, 0.05) is 11.0 Å². The van der Waals surface area contributed by atoms with Crippen molar-refractivity contribution in [3.05, 3.63) is 57.0 Å². The van der Waals surface area contributed by atoms with Gasteiger partial charge >= 0.3 is 0 Å². The van der Waals surface area contributed by atoms with E-state index in [0.29, 0.717) is 10.8 Å². The number of rotatable bonds is 5. The monoisotopic (exact) mass is 353 g/mol. The van der Waals surface area contributed by atoms with Gasteiger partial charge in [-0.15, -0.1) is 0 Å². The summed E-state index contributed by atoms with van der Waals surface area (Å²) in [5.41, 5.74) is 2.21. The van der Waals surface area contributed by atoms with Crippen molar-refractivity contribution in [2.24, 2.45) is 0 Å². The second-order valence-corrected chi connectivity index (χ2v) is 5.88. The van der Waals surface area contributed by atoms with Crippen LogP contribution in [0.5, 0.6) is 11.5 Å². The van der Waals surface area contributed by atoms with Crippen molar-refractivity contribution < 1.29 is 4.74 Å². The van der Waals surface area contributed by atoms with Crippen molar-refractivity contribution in [1.82, 2.24) is 5.32 Å². The van der Waals surface area contributed by atoms with Crippen molar-refractivity contribution in [2.45, 2.75) is 20.4 Å². The van der Waals surface area contributed by atoms with Crippen LogP contribution in [0.4, 0.5) is 0 Å². The predicted octanol–water partition coefficient (Wildman–Crippen LogP) is 5.31. The van der Waals surface area contributed by atoms with Gasteiger partial charge in [-0.1, -0.05) is 40.5 Å². The lowest BCUT2D eigenvalue weighted by Gasteiger charge is -2.11. The molecular weight excluding hydrogens is 338 g/mol. The van der Waals surface area contributed by atoms with E-state index in [2.05, 4.69) is 28.2 Å². The molecule has 2 nitrogen and oxygen atoms in total. The minimum atomic E-state index is 0.628. The molecule has 2 rings (SSSR count). The van der Waals surface area contributed by atoms with Crippen molar-refractivity contribution in [3.8, 4) is 11.5 Å². The maximum Gasteiger partial charge on any atom is 0.146 e. The fourth-order valence-corrected chi connectivity index (χ4v) is 2.57. The number of ether oxygens (including phenoxy) is 1. The highest BCUT2D eigenvalue weighted by molar-refractivity contribution is 9.10. The van der Waals surface area contributed by atoms with Crippen molar-refractivity contribution in [3.63, 3.8) is 0 Å². The molecule has 0 heterocycles. The van der Waals surface area contributed by atoms with E-state index in [0.717, 1.165) is 34.4 Å². The first kappa shape index (κ1) is 15.4. The number of hydrogen-bond donors (Lipinski definition) is 1. The van der Waals surface area contributed by atoms with Crippen LogP contribution in [0.1, 0.15) is 18.1 Å². The van der Waals surface area contributed by atoms with Gasteiger partial charge in [0.25, 0.3) is 0 Å². The Morgan fingerprint density at radius 3 is 2.55 bits per heavy atom. The molecule has 0 spiro atoms. The summed E-state index contributed by atoms with van der Waals surface area (Å²) in [6, 6.07) is 11.8. The van der Waals surface area contributed by atoms with Crippen LogP contribution in [0.2, 0.25) is 5.02 Å². The Bertz CT molecular complexity index is 601. The normalized spacial score (nSPS) is 10.6. The molecule has 0 aliphatic rings. The lowest BCUT2D eigenvalue weighted by Crippen LogP contribution is -2.11. The number of halogens is 2. The third-order valence-electron chi connectivity index (χ3n) is 2.93. The smallest absolute Gasteiger partial charge is 0.146 e. The molecule has 0 aromatic heterocycles. The Kier molecular flexibility index (Phi) is 5.46. The lowest BCUT2D eigenvalue weighted by molar-refractivity contribution is 0.478. The molecule has 2 aromatic rings. The van der Waals surface area contributed by atoms with Crippen LogP contribution in [-0.4, -0.2) is 6.54 Å². The Labute approximate surface area is 133 Å². The summed E-state index contributed by atoms with van der Waals surface area (Å²) in [5, 5.41) is 3.90. The molecule has 0 amide bonds. The summed E-state index contributed by atoms with van der Waals surface area (Å²) in [4.78, 5) is 0. The third kappa shape index (κ3) is 3.98. The molecule has 106 valence electrons. The van der Waals surface area contributed by atoms with Gasteiger partial charge in [-0.25, -0.2) is 0 Å². The Hall–Kier alpha value is -1.03. The Balaban J connectivity index is 2.17. The molecule has 2 aromatic carbocycles. The van der Waals surface area contributed by atoms with Crippen LogP contribution in [0.15, 0.2) is 40.9 Å². The van der Waals surface area contributed by atoms with Crippen LogP contribution in [0.25, 0.3) is 0 Å². The Morgan fingerprint density at radius 1 is 1.15 bits per heavy atom. The zero-order valence-electron chi connectivity index (χ0n) is 11.5. The van der Waals surface area contributed by atoms with E-state index in [9.17, 15) is 0 Å². The first-order chi connectivity index (χ1) is 9.60. The average Bonchev–Trinajstić information content (AvgIpc) is 2.42. The first-order valence-electron chi connectivity index (χ1n) is 6.53. The highest BCUT2D eigenvalue weighted by Gasteiger charge is 2.07. The van der Waals surface area contributed by atoms with Crippen molar-refractivity contribution in [2.75, 3.05) is 6.54 Å². The zero-order valence-corrected chi connectivity index (χ0v) is 13.9. The molecule has 0 saturated heterocycles. The van der Waals surface area contributed by atoms with Crippen LogP contribution in [0.3, 0.4) is 0 Å². The van der Waals surface area contributed by atoms with Gasteiger partial charge in [0.1, 0.15) is 11.5 Å². The van der Waals surface area contributed by atoms with Crippen molar-refractivity contribution >= 4 is 27.5 Å². The van der Waals surface area contributed by atoms with Crippen molar-refractivity contribution in [1.29, 1.82) is 0 Å². The van der Waals surface area contributed by atoms with Gasteiger partial charge in [0.05, 0.1) is 5.02 Å². The quantitative estimate of drug-likeness (QED) is 0.785. The molecule has 0 unspecified atom stereocenters. The molecule has 0 aliphatic heterocycles. The van der Waals surface area contributed by atoms with E-state index < -0.39 is 0 Å². The van der Waals surface area contributed by atoms with Gasteiger partial charge in [0.2, 0.25) is 0 Å². The second kappa shape index (κ2) is 7.11. The van der Waals surface area contributed by atoms with E-state index in [4.69, 9.17) is 16.3 Å². The standard InChI is InChI=1S/C16H17BrClNO/c1-3-19-10-12-4-6-16(14(18)9-12)20-15-7-5-13(17)8-11(15)2/h4-9,19H,3,10H2,1-2H3. The maximum absolute atomic E-state index is 6.28.